The molecule has 0 spiro atoms. The molecule has 0 fully saturated rings. The van der Waals surface area contributed by atoms with Gasteiger partial charge in [0.1, 0.15) is 0 Å². The van der Waals surface area contributed by atoms with E-state index in [9.17, 15) is 13.2 Å². The van der Waals surface area contributed by atoms with E-state index in [4.69, 9.17) is 5.11 Å². The minimum absolute atomic E-state index is 0.539. The average Bonchev–Trinajstić information content (AvgIpc) is 2.61. The zero-order chi connectivity index (χ0) is 13.5. The van der Waals surface area contributed by atoms with Crippen LogP contribution in [-0.2, 0) is 6.54 Å². The van der Waals surface area contributed by atoms with Gasteiger partial charge in [-0.1, -0.05) is 0 Å². The van der Waals surface area contributed by atoms with Crippen molar-refractivity contribution in [2.24, 2.45) is 0 Å². The molecule has 1 atom stereocenters. The lowest BCUT2D eigenvalue weighted by molar-refractivity contribution is -0.207. The summed E-state index contributed by atoms with van der Waals surface area (Å²) in [6.45, 7) is 3.26. The standard InChI is InChI=1S/C12H13F3N2O/c1-7-3-9-10(4-8(7)2)17(6-16-9)5-11(18)12(13,14)15/h3-4,6,11,18H,5H2,1-2H3. The Labute approximate surface area is 102 Å². The van der Waals surface area contributed by atoms with E-state index in [-0.39, 0.29) is 0 Å². The summed E-state index contributed by atoms with van der Waals surface area (Å²) in [4.78, 5) is 4.04. The summed E-state index contributed by atoms with van der Waals surface area (Å²) < 4.78 is 38.2. The second kappa shape index (κ2) is 4.28. The van der Waals surface area contributed by atoms with Crippen molar-refractivity contribution in [3.63, 3.8) is 0 Å². The van der Waals surface area contributed by atoms with Crippen LogP contribution in [0, 0.1) is 13.8 Å². The third kappa shape index (κ3) is 2.33. The minimum Gasteiger partial charge on any atom is -0.382 e. The molecule has 0 aliphatic rings. The Morgan fingerprint density at radius 3 is 2.50 bits per heavy atom. The summed E-state index contributed by atoms with van der Waals surface area (Å²) >= 11 is 0. The maximum Gasteiger partial charge on any atom is 0.416 e. The lowest BCUT2D eigenvalue weighted by atomic mass is 10.1. The molecule has 0 amide bonds. The normalized spacial score (nSPS) is 14.1. The maximum atomic E-state index is 12.3. The molecule has 0 radical (unpaired) electrons. The van der Waals surface area contributed by atoms with E-state index in [0.29, 0.717) is 11.0 Å². The third-order valence-electron chi connectivity index (χ3n) is 2.98. The zero-order valence-electron chi connectivity index (χ0n) is 9.99. The number of benzene rings is 1. The molecular formula is C12H13F3N2O. The number of aliphatic hydroxyl groups is 1. The lowest BCUT2D eigenvalue weighted by Crippen LogP contribution is -2.32. The Hall–Kier alpha value is -1.56. The quantitative estimate of drug-likeness (QED) is 0.899. The zero-order valence-corrected chi connectivity index (χ0v) is 9.99. The molecule has 18 heavy (non-hydrogen) atoms. The van der Waals surface area contributed by atoms with Gasteiger partial charge in [0.2, 0.25) is 0 Å². The molecule has 3 nitrogen and oxygen atoms in total. The summed E-state index contributed by atoms with van der Waals surface area (Å²) in [7, 11) is 0. The number of hydrogen-bond acceptors (Lipinski definition) is 2. The molecule has 0 aliphatic carbocycles. The van der Waals surface area contributed by atoms with Crippen LogP contribution in [0.2, 0.25) is 0 Å². The number of aromatic nitrogens is 2. The van der Waals surface area contributed by atoms with Crippen LogP contribution in [0.15, 0.2) is 18.5 Å². The Kier molecular flexibility index (Phi) is 3.06. The van der Waals surface area contributed by atoms with E-state index in [1.165, 1.54) is 10.9 Å². The van der Waals surface area contributed by atoms with Crippen molar-refractivity contribution in [3.05, 3.63) is 29.6 Å². The first kappa shape index (κ1) is 12.9. The Balaban J connectivity index is 2.38. The molecule has 1 N–H and O–H groups in total. The number of alkyl halides is 3. The number of nitrogens with zero attached hydrogens (tertiary/aromatic N) is 2. The van der Waals surface area contributed by atoms with Gasteiger partial charge in [0, 0.05) is 0 Å². The predicted molar refractivity (Wildman–Crippen MR) is 61.3 cm³/mol. The Morgan fingerprint density at radius 2 is 1.89 bits per heavy atom. The summed E-state index contributed by atoms with van der Waals surface area (Å²) in [6.07, 6.45) is -5.68. The third-order valence-corrected chi connectivity index (χ3v) is 2.98. The van der Waals surface area contributed by atoms with E-state index in [1.807, 2.05) is 19.9 Å². The molecule has 2 aromatic rings. The number of aryl methyl sites for hydroxylation is 2. The van der Waals surface area contributed by atoms with Gasteiger partial charge in [-0.3, -0.25) is 0 Å². The molecule has 6 heteroatoms. The smallest absolute Gasteiger partial charge is 0.382 e. The van der Waals surface area contributed by atoms with Gasteiger partial charge >= 0.3 is 6.18 Å². The predicted octanol–water partition coefficient (Wildman–Crippen LogP) is 2.58. The van der Waals surface area contributed by atoms with Crippen molar-refractivity contribution < 1.29 is 18.3 Å². The first-order valence-corrected chi connectivity index (χ1v) is 5.46. The van der Waals surface area contributed by atoms with E-state index in [0.717, 1.165) is 11.1 Å². The topological polar surface area (TPSA) is 38.0 Å². The summed E-state index contributed by atoms with van der Waals surface area (Å²) in [6, 6.07) is 3.60. The first-order valence-electron chi connectivity index (χ1n) is 5.46. The molecule has 0 bridgehead atoms. The van der Waals surface area contributed by atoms with Crippen molar-refractivity contribution in [2.75, 3.05) is 0 Å². The summed E-state index contributed by atoms with van der Waals surface area (Å²) in [5.41, 5.74) is 3.24. The molecule has 1 aromatic carbocycles. The number of hydrogen-bond donors (Lipinski definition) is 1. The van der Waals surface area contributed by atoms with Crippen molar-refractivity contribution in [2.45, 2.75) is 32.7 Å². The number of imidazole rings is 1. The molecule has 2 rings (SSSR count). The SMILES string of the molecule is Cc1cc2ncn(CC(O)C(F)(F)F)c2cc1C. The van der Waals surface area contributed by atoms with Gasteiger partial charge in [0.25, 0.3) is 0 Å². The summed E-state index contributed by atoms with van der Waals surface area (Å²) in [5, 5.41) is 9.07. The fourth-order valence-electron chi connectivity index (χ4n) is 1.75. The molecule has 1 heterocycles. The van der Waals surface area contributed by atoms with Crippen LogP contribution in [0.3, 0.4) is 0 Å². The average molecular weight is 258 g/mol. The van der Waals surface area contributed by atoms with Crippen molar-refractivity contribution in [3.8, 4) is 0 Å². The molecule has 1 aromatic heterocycles. The molecule has 0 aliphatic heterocycles. The van der Waals surface area contributed by atoms with Crippen LogP contribution in [-0.4, -0.2) is 26.9 Å². The van der Waals surface area contributed by atoms with Crippen molar-refractivity contribution >= 4 is 11.0 Å². The van der Waals surface area contributed by atoms with Crippen LogP contribution >= 0.6 is 0 Å². The van der Waals surface area contributed by atoms with Gasteiger partial charge < -0.3 is 9.67 Å². The second-order valence-corrected chi connectivity index (χ2v) is 4.38. The monoisotopic (exact) mass is 258 g/mol. The van der Waals surface area contributed by atoms with Gasteiger partial charge in [-0.25, -0.2) is 4.98 Å². The van der Waals surface area contributed by atoms with E-state index < -0.39 is 18.8 Å². The van der Waals surface area contributed by atoms with Crippen LogP contribution in [0.4, 0.5) is 13.2 Å². The van der Waals surface area contributed by atoms with Gasteiger partial charge in [-0.2, -0.15) is 13.2 Å². The minimum atomic E-state index is -4.61. The van der Waals surface area contributed by atoms with E-state index in [1.54, 1.807) is 6.07 Å². The first-order chi connectivity index (χ1) is 8.29. The highest BCUT2D eigenvalue weighted by molar-refractivity contribution is 5.77. The maximum absolute atomic E-state index is 12.3. The van der Waals surface area contributed by atoms with Gasteiger partial charge in [-0.15, -0.1) is 0 Å². The van der Waals surface area contributed by atoms with Crippen LogP contribution in [0.1, 0.15) is 11.1 Å². The second-order valence-electron chi connectivity index (χ2n) is 4.38. The number of fused-ring (bicyclic) bond motifs is 1. The molecule has 0 saturated carbocycles. The lowest BCUT2D eigenvalue weighted by Gasteiger charge is -2.15. The molecule has 98 valence electrons. The molecule has 1 unspecified atom stereocenters. The highest BCUT2D eigenvalue weighted by Crippen LogP contribution is 2.24. The van der Waals surface area contributed by atoms with Gasteiger partial charge in [-0.05, 0) is 37.1 Å². The number of halogens is 3. The molecule has 0 saturated heterocycles. The van der Waals surface area contributed by atoms with Crippen molar-refractivity contribution in [1.82, 2.24) is 9.55 Å². The number of rotatable bonds is 2. The van der Waals surface area contributed by atoms with E-state index >= 15 is 0 Å². The Morgan fingerprint density at radius 1 is 1.28 bits per heavy atom. The molecular weight excluding hydrogens is 245 g/mol. The van der Waals surface area contributed by atoms with Crippen LogP contribution in [0.25, 0.3) is 11.0 Å². The van der Waals surface area contributed by atoms with Crippen LogP contribution < -0.4 is 0 Å². The van der Waals surface area contributed by atoms with Gasteiger partial charge in [0.15, 0.2) is 6.10 Å². The van der Waals surface area contributed by atoms with E-state index in [2.05, 4.69) is 4.98 Å². The highest BCUT2D eigenvalue weighted by atomic mass is 19.4. The Bertz CT molecular complexity index is 574. The fraction of sp³-hybridized carbons (Fsp3) is 0.417. The highest BCUT2D eigenvalue weighted by Gasteiger charge is 2.38. The number of aliphatic hydroxyl groups excluding tert-OH is 1. The van der Waals surface area contributed by atoms with Gasteiger partial charge in [0.05, 0.1) is 23.9 Å². The summed E-state index contributed by atoms with van der Waals surface area (Å²) in [5.74, 6) is 0. The van der Waals surface area contributed by atoms with Crippen molar-refractivity contribution in [1.29, 1.82) is 0 Å². The largest absolute Gasteiger partial charge is 0.416 e. The fourth-order valence-corrected chi connectivity index (χ4v) is 1.75. The van der Waals surface area contributed by atoms with Crippen LogP contribution in [0.5, 0.6) is 0 Å².